The van der Waals surface area contributed by atoms with Gasteiger partial charge in [0, 0.05) is 26.1 Å². The van der Waals surface area contributed by atoms with Crippen LogP contribution in [-0.4, -0.2) is 36.4 Å². The summed E-state index contributed by atoms with van der Waals surface area (Å²) in [6, 6.07) is 0. The number of carbonyl (C=O) groups excluding carboxylic acids is 2. The summed E-state index contributed by atoms with van der Waals surface area (Å²) in [5, 5.41) is 0. The van der Waals surface area contributed by atoms with Crippen molar-refractivity contribution in [3.63, 3.8) is 0 Å². The molecule has 142 valence electrons. The van der Waals surface area contributed by atoms with Crippen LogP contribution in [0.3, 0.4) is 0 Å². The van der Waals surface area contributed by atoms with Gasteiger partial charge in [0.05, 0.1) is 0 Å². The average Bonchev–Trinajstić information content (AvgIpc) is 2.36. The van der Waals surface area contributed by atoms with Gasteiger partial charge in [-0.2, -0.15) is 0 Å². The van der Waals surface area contributed by atoms with Crippen LogP contribution in [0.1, 0.15) is 80.6 Å². The van der Waals surface area contributed by atoms with Crippen molar-refractivity contribution in [2.45, 2.75) is 91.8 Å². The van der Waals surface area contributed by atoms with E-state index >= 15 is 0 Å². The monoisotopic (exact) mass is 344 g/mol. The summed E-state index contributed by atoms with van der Waals surface area (Å²) in [5.74, 6) is -0.331. The molecular weight excluding hydrogens is 308 g/mol. The van der Waals surface area contributed by atoms with E-state index in [4.69, 9.17) is 14.2 Å². The van der Waals surface area contributed by atoms with Crippen LogP contribution < -0.4 is 0 Å². The molecule has 0 aliphatic carbocycles. The van der Waals surface area contributed by atoms with Crippen LogP contribution in [-0.2, 0) is 23.8 Å². The van der Waals surface area contributed by atoms with E-state index in [1.54, 1.807) is 0 Å². The third-order valence-electron chi connectivity index (χ3n) is 3.16. The highest BCUT2D eigenvalue weighted by Crippen LogP contribution is 2.22. The summed E-state index contributed by atoms with van der Waals surface area (Å²) in [7, 11) is 0. The Hall–Kier alpha value is -1.10. The van der Waals surface area contributed by atoms with Gasteiger partial charge in [-0.15, -0.1) is 0 Å². The van der Waals surface area contributed by atoms with E-state index in [9.17, 15) is 9.59 Å². The largest absolute Gasteiger partial charge is 0.460 e. The van der Waals surface area contributed by atoms with Crippen molar-refractivity contribution in [3.05, 3.63) is 0 Å². The number of rotatable bonds is 10. The number of esters is 2. The van der Waals surface area contributed by atoms with E-state index in [0.717, 1.165) is 12.8 Å². The third-order valence-corrected chi connectivity index (χ3v) is 3.16. The zero-order valence-corrected chi connectivity index (χ0v) is 16.6. The summed E-state index contributed by atoms with van der Waals surface area (Å²) >= 11 is 0. The molecule has 0 aromatic carbocycles. The Morgan fingerprint density at radius 2 is 1.42 bits per heavy atom. The first-order valence-electron chi connectivity index (χ1n) is 8.94. The molecule has 0 fully saturated rings. The van der Waals surface area contributed by atoms with Gasteiger partial charge in [0.2, 0.25) is 0 Å². The van der Waals surface area contributed by atoms with E-state index in [1.807, 2.05) is 48.5 Å². The minimum Gasteiger partial charge on any atom is -0.460 e. The summed E-state index contributed by atoms with van der Waals surface area (Å²) in [6.07, 6.45) is 2.98. The maximum atomic E-state index is 12.1. The summed E-state index contributed by atoms with van der Waals surface area (Å²) in [6.45, 7) is 14.5. The Kier molecular flexibility index (Phi) is 10.2. The fourth-order valence-electron chi connectivity index (χ4n) is 2.30. The Bertz CT molecular complexity index is 376. The smallest absolute Gasteiger partial charge is 0.306 e. The van der Waals surface area contributed by atoms with Crippen LogP contribution in [0.4, 0.5) is 0 Å². The van der Waals surface area contributed by atoms with Crippen molar-refractivity contribution in [1.29, 1.82) is 0 Å². The minimum absolute atomic E-state index is 0.104. The second-order valence-corrected chi connectivity index (χ2v) is 8.12. The lowest BCUT2D eigenvalue weighted by Crippen LogP contribution is -2.26. The normalized spacial score (nSPS) is 13.5. The van der Waals surface area contributed by atoms with Gasteiger partial charge in [0.25, 0.3) is 0 Å². The maximum Gasteiger partial charge on any atom is 0.306 e. The van der Waals surface area contributed by atoms with Crippen LogP contribution in [0.15, 0.2) is 0 Å². The van der Waals surface area contributed by atoms with Crippen molar-refractivity contribution < 1.29 is 23.8 Å². The van der Waals surface area contributed by atoms with E-state index in [0.29, 0.717) is 32.5 Å². The molecule has 0 saturated heterocycles. The third kappa shape index (κ3) is 14.5. The van der Waals surface area contributed by atoms with Gasteiger partial charge in [-0.3, -0.25) is 9.59 Å². The van der Waals surface area contributed by atoms with Gasteiger partial charge >= 0.3 is 11.9 Å². The van der Waals surface area contributed by atoms with Crippen LogP contribution in [0.2, 0.25) is 0 Å². The predicted octanol–water partition coefficient (Wildman–Crippen LogP) is 4.27. The Morgan fingerprint density at radius 3 is 1.92 bits per heavy atom. The molecule has 0 radical (unpaired) electrons. The molecule has 0 rings (SSSR count). The highest BCUT2D eigenvalue weighted by Gasteiger charge is 2.22. The van der Waals surface area contributed by atoms with Crippen molar-refractivity contribution in [2.24, 2.45) is 5.92 Å². The molecular formula is C19H36O5. The highest BCUT2D eigenvalue weighted by molar-refractivity contribution is 5.71. The van der Waals surface area contributed by atoms with Crippen LogP contribution in [0, 0.1) is 5.92 Å². The van der Waals surface area contributed by atoms with Gasteiger partial charge in [-0.05, 0) is 73.6 Å². The molecule has 0 aliphatic heterocycles. The Balaban J connectivity index is 4.46. The summed E-state index contributed by atoms with van der Waals surface area (Å²) in [4.78, 5) is 24.0. The topological polar surface area (TPSA) is 61.8 Å². The molecule has 0 bridgehead atoms. The fraction of sp³-hybridized carbons (Fsp3) is 0.895. The zero-order valence-electron chi connectivity index (χ0n) is 16.6. The first kappa shape index (κ1) is 22.9. The van der Waals surface area contributed by atoms with Crippen LogP contribution >= 0.6 is 0 Å². The minimum atomic E-state index is -0.488. The van der Waals surface area contributed by atoms with Crippen molar-refractivity contribution >= 4 is 11.9 Å². The molecule has 0 saturated carbocycles. The number of ether oxygens (including phenoxy) is 3. The molecule has 5 heteroatoms. The van der Waals surface area contributed by atoms with Gasteiger partial charge in [-0.25, -0.2) is 0 Å². The standard InChI is InChI=1S/C19H36O5/c1-8-22-13-9-10-15(14-17(21)24-19(5,6)7)11-12-16(20)23-18(2,3)4/h15H,8-14H2,1-7H3. The van der Waals surface area contributed by atoms with E-state index < -0.39 is 11.2 Å². The van der Waals surface area contributed by atoms with E-state index in [2.05, 4.69) is 0 Å². The number of hydrogen-bond donors (Lipinski definition) is 0. The SMILES string of the molecule is CCOCCCC(CCC(=O)OC(C)(C)C)CC(=O)OC(C)(C)C. The molecule has 5 nitrogen and oxygen atoms in total. The molecule has 0 heterocycles. The molecule has 0 amide bonds. The molecule has 0 aromatic heterocycles. The lowest BCUT2D eigenvalue weighted by Gasteiger charge is -2.23. The van der Waals surface area contributed by atoms with E-state index in [1.165, 1.54) is 0 Å². The first-order chi connectivity index (χ1) is 10.9. The zero-order chi connectivity index (χ0) is 18.8. The number of hydrogen-bond acceptors (Lipinski definition) is 5. The lowest BCUT2D eigenvalue weighted by atomic mass is 9.94. The quantitative estimate of drug-likeness (QED) is 0.437. The highest BCUT2D eigenvalue weighted by atomic mass is 16.6. The summed E-state index contributed by atoms with van der Waals surface area (Å²) < 4.78 is 16.1. The Morgan fingerprint density at radius 1 is 0.875 bits per heavy atom. The first-order valence-corrected chi connectivity index (χ1v) is 8.94. The fourth-order valence-corrected chi connectivity index (χ4v) is 2.30. The molecule has 0 spiro atoms. The molecule has 0 N–H and O–H groups in total. The average molecular weight is 344 g/mol. The lowest BCUT2D eigenvalue weighted by molar-refractivity contribution is -0.158. The second-order valence-electron chi connectivity index (χ2n) is 8.12. The van der Waals surface area contributed by atoms with Crippen molar-refractivity contribution in [2.75, 3.05) is 13.2 Å². The van der Waals surface area contributed by atoms with Crippen molar-refractivity contribution in [1.82, 2.24) is 0 Å². The maximum absolute atomic E-state index is 12.1. The van der Waals surface area contributed by atoms with E-state index in [-0.39, 0.29) is 17.9 Å². The Labute approximate surface area is 147 Å². The summed E-state index contributed by atoms with van der Waals surface area (Å²) in [5.41, 5.74) is -0.967. The van der Waals surface area contributed by atoms with Crippen molar-refractivity contribution in [3.8, 4) is 0 Å². The van der Waals surface area contributed by atoms with Gasteiger partial charge in [-0.1, -0.05) is 0 Å². The second kappa shape index (κ2) is 10.7. The molecule has 0 aliphatic rings. The molecule has 0 aromatic rings. The predicted molar refractivity (Wildman–Crippen MR) is 94.8 cm³/mol. The van der Waals surface area contributed by atoms with Gasteiger partial charge in [0.15, 0.2) is 0 Å². The molecule has 24 heavy (non-hydrogen) atoms. The number of carbonyl (C=O) groups is 2. The van der Waals surface area contributed by atoms with Gasteiger partial charge < -0.3 is 14.2 Å². The van der Waals surface area contributed by atoms with Gasteiger partial charge in [0.1, 0.15) is 11.2 Å². The van der Waals surface area contributed by atoms with Crippen LogP contribution in [0.5, 0.6) is 0 Å². The molecule has 1 atom stereocenters. The molecule has 1 unspecified atom stereocenters. The van der Waals surface area contributed by atoms with Crippen LogP contribution in [0.25, 0.3) is 0 Å².